The Hall–Kier alpha value is -1.60. The lowest BCUT2D eigenvalue weighted by Crippen LogP contribution is -2.28. The number of hydrogen-bond acceptors (Lipinski definition) is 4. The summed E-state index contributed by atoms with van der Waals surface area (Å²) in [6, 6.07) is 4.51. The van der Waals surface area contributed by atoms with Crippen molar-refractivity contribution in [2.24, 2.45) is 0 Å². The normalized spacial score (nSPS) is 14.1. The molecule has 0 spiro atoms. The molecule has 2 N–H and O–H groups in total. The van der Waals surface area contributed by atoms with E-state index in [0.29, 0.717) is 12.1 Å². The van der Waals surface area contributed by atoms with Crippen LogP contribution in [0, 0.1) is 0 Å². The number of rotatable bonds is 13. The Morgan fingerprint density at radius 1 is 1.11 bits per heavy atom. The maximum Gasteiger partial charge on any atom is 0.251 e. The predicted octanol–water partition coefficient (Wildman–Crippen LogP) is 3.62. The van der Waals surface area contributed by atoms with Crippen LogP contribution in [0.2, 0.25) is 0 Å². The second-order valence-electron chi connectivity index (χ2n) is 7.14. The Bertz CT molecular complexity index is 715. The quantitative estimate of drug-likeness (QED) is 0.499. The maximum absolute atomic E-state index is 12.5. The van der Waals surface area contributed by atoms with Crippen molar-refractivity contribution in [3.8, 4) is 5.75 Å². The van der Waals surface area contributed by atoms with Crippen LogP contribution in [0.25, 0.3) is 0 Å². The molecular weight excluding hydrogens is 364 g/mol. The number of hydrogen-bond donors (Lipinski definition) is 2. The SMILES string of the molecule is CCCCCCCCCNC(=O)c1ccc(OC)c(S(=O)(=O)NC2CC2)c1. The lowest BCUT2D eigenvalue weighted by Gasteiger charge is -2.12. The Kier molecular flexibility index (Phi) is 8.57. The summed E-state index contributed by atoms with van der Waals surface area (Å²) in [5.74, 6) is -0.0155. The van der Waals surface area contributed by atoms with Crippen molar-refractivity contribution >= 4 is 15.9 Å². The van der Waals surface area contributed by atoms with Crippen molar-refractivity contribution in [2.75, 3.05) is 13.7 Å². The van der Waals surface area contributed by atoms with E-state index in [1.165, 1.54) is 51.3 Å². The smallest absolute Gasteiger partial charge is 0.251 e. The number of amides is 1. The van der Waals surface area contributed by atoms with Gasteiger partial charge in [-0.2, -0.15) is 0 Å². The predicted molar refractivity (Wildman–Crippen MR) is 107 cm³/mol. The molecule has 0 saturated heterocycles. The van der Waals surface area contributed by atoms with Gasteiger partial charge in [0, 0.05) is 18.2 Å². The Morgan fingerprint density at radius 2 is 1.78 bits per heavy atom. The number of unbranched alkanes of at least 4 members (excludes halogenated alkanes) is 6. The fourth-order valence-electron chi connectivity index (χ4n) is 2.90. The lowest BCUT2D eigenvalue weighted by molar-refractivity contribution is 0.0952. The number of benzene rings is 1. The molecule has 0 aromatic heterocycles. The van der Waals surface area contributed by atoms with Crippen LogP contribution in [0.4, 0.5) is 0 Å². The van der Waals surface area contributed by atoms with Crippen molar-refractivity contribution in [1.82, 2.24) is 10.0 Å². The average molecular weight is 397 g/mol. The van der Waals surface area contributed by atoms with Gasteiger partial charge >= 0.3 is 0 Å². The zero-order valence-electron chi connectivity index (χ0n) is 16.4. The first kappa shape index (κ1) is 21.7. The van der Waals surface area contributed by atoms with Crippen molar-refractivity contribution in [3.05, 3.63) is 23.8 Å². The van der Waals surface area contributed by atoms with Gasteiger partial charge in [0.15, 0.2) is 0 Å². The summed E-state index contributed by atoms with van der Waals surface area (Å²) >= 11 is 0. The molecule has 0 heterocycles. The third-order valence-corrected chi connectivity index (χ3v) is 6.22. The van der Waals surface area contributed by atoms with Crippen LogP contribution in [0.15, 0.2) is 23.1 Å². The molecule has 0 unspecified atom stereocenters. The summed E-state index contributed by atoms with van der Waals surface area (Å²) in [6.45, 7) is 2.80. The third kappa shape index (κ3) is 7.14. The summed E-state index contributed by atoms with van der Waals surface area (Å²) in [7, 11) is -2.27. The highest BCUT2D eigenvalue weighted by molar-refractivity contribution is 7.89. The van der Waals surface area contributed by atoms with Gasteiger partial charge in [-0.1, -0.05) is 45.4 Å². The van der Waals surface area contributed by atoms with Crippen molar-refractivity contribution < 1.29 is 17.9 Å². The zero-order valence-corrected chi connectivity index (χ0v) is 17.2. The van der Waals surface area contributed by atoms with Gasteiger partial charge < -0.3 is 10.1 Å². The number of carbonyl (C=O) groups is 1. The van der Waals surface area contributed by atoms with E-state index in [4.69, 9.17) is 4.74 Å². The summed E-state index contributed by atoms with van der Waals surface area (Å²) in [4.78, 5) is 12.4. The van der Waals surface area contributed by atoms with E-state index in [1.54, 1.807) is 6.07 Å². The molecule has 1 fully saturated rings. The van der Waals surface area contributed by atoms with Crippen molar-refractivity contribution in [2.45, 2.75) is 75.6 Å². The Balaban J connectivity index is 1.88. The Labute approximate surface area is 163 Å². The molecule has 2 rings (SSSR count). The van der Waals surface area contributed by atoms with E-state index >= 15 is 0 Å². The molecule has 7 heteroatoms. The van der Waals surface area contributed by atoms with Gasteiger partial charge in [0.1, 0.15) is 10.6 Å². The Morgan fingerprint density at radius 3 is 2.41 bits per heavy atom. The minimum Gasteiger partial charge on any atom is -0.495 e. The van der Waals surface area contributed by atoms with Crippen molar-refractivity contribution in [1.29, 1.82) is 0 Å². The topological polar surface area (TPSA) is 84.5 Å². The molecule has 0 radical (unpaired) electrons. The molecule has 27 heavy (non-hydrogen) atoms. The van der Waals surface area contributed by atoms with Gasteiger partial charge in [0.2, 0.25) is 10.0 Å². The van der Waals surface area contributed by atoms with Gasteiger partial charge in [-0.15, -0.1) is 0 Å². The maximum atomic E-state index is 12.5. The number of methoxy groups -OCH3 is 1. The van der Waals surface area contributed by atoms with Crippen LogP contribution < -0.4 is 14.8 Å². The highest BCUT2D eigenvalue weighted by atomic mass is 32.2. The molecule has 0 aliphatic heterocycles. The van der Waals surface area contributed by atoms with Crippen LogP contribution >= 0.6 is 0 Å². The van der Waals surface area contributed by atoms with Crippen LogP contribution in [0.1, 0.15) is 75.1 Å². The molecule has 152 valence electrons. The van der Waals surface area contributed by atoms with Crippen LogP contribution in [0.5, 0.6) is 5.75 Å². The van der Waals surface area contributed by atoms with E-state index < -0.39 is 10.0 Å². The van der Waals surface area contributed by atoms with E-state index in [2.05, 4.69) is 17.0 Å². The highest BCUT2D eigenvalue weighted by Gasteiger charge is 2.30. The second-order valence-corrected chi connectivity index (χ2v) is 8.82. The highest BCUT2D eigenvalue weighted by Crippen LogP contribution is 2.28. The number of ether oxygens (including phenoxy) is 1. The fourth-order valence-corrected chi connectivity index (χ4v) is 4.40. The number of carbonyl (C=O) groups excluding carboxylic acids is 1. The van der Waals surface area contributed by atoms with E-state index in [-0.39, 0.29) is 22.6 Å². The van der Waals surface area contributed by atoms with Gasteiger partial charge in [-0.05, 0) is 37.5 Å². The first-order valence-corrected chi connectivity index (χ1v) is 11.4. The molecule has 1 amide bonds. The minimum atomic E-state index is -3.69. The summed E-state index contributed by atoms with van der Waals surface area (Å²) in [5.41, 5.74) is 0.329. The largest absolute Gasteiger partial charge is 0.495 e. The lowest BCUT2D eigenvalue weighted by atomic mass is 10.1. The molecular formula is C20H32N2O4S. The second kappa shape index (κ2) is 10.7. The van der Waals surface area contributed by atoms with Gasteiger partial charge in [0.25, 0.3) is 5.91 Å². The number of sulfonamides is 1. The molecule has 1 aliphatic carbocycles. The third-order valence-electron chi connectivity index (χ3n) is 4.68. The molecule has 6 nitrogen and oxygen atoms in total. The molecule has 0 bridgehead atoms. The standard InChI is InChI=1S/C20H32N2O4S/c1-3-4-5-6-7-8-9-14-21-20(23)16-10-13-18(26-2)19(15-16)27(24,25)22-17-11-12-17/h10,13,15,17,22H,3-9,11-12,14H2,1-2H3,(H,21,23). The zero-order chi connectivity index (χ0) is 19.7. The van der Waals surface area contributed by atoms with Gasteiger partial charge in [0.05, 0.1) is 7.11 Å². The summed E-state index contributed by atoms with van der Waals surface area (Å²) in [5, 5.41) is 2.88. The molecule has 1 saturated carbocycles. The van der Waals surface area contributed by atoms with Gasteiger partial charge in [-0.3, -0.25) is 4.79 Å². The minimum absolute atomic E-state index is 0.00508. The molecule has 0 atom stereocenters. The first-order valence-electron chi connectivity index (χ1n) is 9.96. The van der Waals surface area contributed by atoms with Crippen molar-refractivity contribution in [3.63, 3.8) is 0 Å². The first-order chi connectivity index (χ1) is 13.0. The summed E-state index contributed by atoms with van der Waals surface area (Å²) < 4.78 is 32.8. The van der Waals surface area contributed by atoms with E-state index in [9.17, 15) is 13.2 Å². The van der Waals surface area contributed by atoms with Gasteiger partial charge in [-0.25, -0.2) is 13.1 Å². The average Bonchev–Trinajstić information content (AvgIpc) is 3.46. The monoisotopic (exact) mass is 396 g/mol. The van der Waals surface area contributed by atoms with Crippen LogP contribution in [-0.4, -0.2) is 34.0 Å². The van der Waals surface area contributed by atoms with E-state index in [1.807, 2.05) is 0 Å². The van der Waals surface area contributed by atoms with E-state index in [0.717, 1.165) is 25.7 Å². The van der Waals surface area contributed by atoms with Crippen LogP contribution in [0.3, 0.4) is 0 Å². The van der Waals surface area contributed by atoms with Crippen LogP contribution in [-0.2, 0) is 10.0 Å². The fraction of sp³-hybridized carbons (Fsp3) is 0.650. The molecule has 1 aromatic carbocycles. The summed E-state index contributed by atoms with van der Waals surface area (Å²) in [6.07, 6.45) is 9.96. The molecule has 1 aliphatic rings. The molecule has 1 aromatic rings. The number of nitrogens with one attached hydrogen (secondary N) is 2.